The van der Waals surface area contributed by atoms with E-state index < -0.39 is 0 Å². The summed E-state index contributed by atoms with van der Waals surface area (Å²) < 4.78 is 5.37. The Hall–Kier alpha value is -2.30. The molecule has 0 heterocycles. The van der Waals surface area contributed by atoms with Crippen LogP contribution in [0.25, 0.3) is 6.08 Å². The molecule has 6 heteroatoms. The quantitative estimate of drug-likeness (QED) is 0.607. The monoisotopic (exact) mass is 362 g/mol. The van der Waals surface area contributed by atoms with Gasteiger partial charge in [-0.05, 0) is 48.4 Å². The topological polar surface area (TPSA) is 50.7 Å². The number of hydrogen-bond acceptors (Lipinski definition) is 3. The van der Waals surface area contributed by atoms with Crippen LogP contribution >= 0.6 is 23.2 Å². The van der Waals surface area contributed by atoms with Crippen molar-refractivity contribution in [2.75, 3.05) is 6.61 Å². The van der Waals surface area contributed by atoms with Crippen LogP contribution < -0.4 is 10.2 Å². The van der Waals surface area contributed by atoms with Crippen LogP contribution in [0.1, 0.15) is 11.1 Å². The Morgan fingerprint density at radius 2 is 2.00 bits per heavy atom. The number of nitrogens with zero attached hydrogens (tertiary/aromatic N) is 1. The zero-order chi connectivity index (χ0) is 17.4. The molecule has 0 radical (unpaired) electrons. The summed E-state index contributed by atoms with van der Waals surface area (Å²) in [6.45, 7) is 1.73. The van der Waals surface area contributed by atoms with Gasteiger partial charge in [-0.15, -0.1) is 0 Å². The molecule has 0 fully saturated rings. The second-order valence-electron chi connectivity index (χ2n) is 4.89. The fourth-order valence-electron chi connectivity index (χ4n) is 1.80. The van der Waals surface area contributed by atoms with Crippen LogP contribution in [0.15, 0.2) is 53.6 Å². The first-order chi connectivity index (χ1) is 11.6. The molecule has 2 aromatic carbocycles. The molecule has 0 aliphatic carbocycles. The summed E-state index contributed by atoms with van der Waals surface area (Å²) in [6.07, 6.45) is 4.95. The molecule has 2 rings (SSSR count). The van der Waals surface area contributed by atoms with Gasteiger partial charge in [-0.3, -0.25) is 4.79 Å². The van der Waals surface area contributed by atoms with Crippen LogP contribution in [0.4, 0.5) is 0 Å². The van der Waals surface area contributed by atoms with Crippen molar-refractivity contribution in [2.24, 2.45) is 5.10 Å². The number of hydrogen-bond donors (Lipinski definition) is 1. The Bertz CT molecular complexity index is 773. The van der Waals surface area contributed by atoms with Crippen LogP contribution in [-0.2, 0) is 4.79 Å². The van der Waals surface area contributed by atoms with Crippen molar-refractivity contribution in [1.29, 1.82) is 0 Å². The molecule has 1 amide bonds. The highest BCUT2D eigenvalue weighted by atomic mass is 35.5. The largest absolute Gasteiger partial charge is 0.484 e. The van der Waals surface area contributed by atoms with Gasteiger partial charge in [0.2, 0.25) is 0 Å². The molecule has 1 N–H and O–H groups in total. The molecule has 124 valence electrons. The number of allylic oxidation sites excluding steroid dienone is 1. The third-order valence-corrected chi connectivity index (χ3v) is 3.80. The first-order valence-corrected chi connectivity index (χ1v) is 7.94. The van der Waals surface area contributed by atoms with Crippen molar-refractivity contribution in [2.45, 2.75) is 6.92 Å². The van der Waals surface area contributed by atoms with Crippen LogP contribution in [0.5, 0.6) is 5.75 Å². The maximum atomic E-state index is 11.6. The number of aryl methyl sites for hydroxylation is 1. The van der Waals surface area contributed by atoms with Crippen molar-refractivity contribution >= 4 is 41.4 Å². The molecule has 0 atom stereocenters. The number of rotatable bonds is 6. The van der Waals surface area contributed by atoms with Gasteiger partial charge in [0.15, 0.2) is 6.61 Å². The molecule has 0 spiro atoms. The van der Waals surface area contributed by atoms with E-state index in [2.05, 4.69) is 10.5 Å². The summed E-state index contributed by atoms with van der Waals surface area (Å²) in [4.78, 5) is 11.6. The number of halogens is 2. The van der Waals surface area contributed by atoms with Gasteiger partial charge in [0, 0.05) is 16.3 Å². The molecule has 0 unspecified atom stereocenters. The fraction of sp³-hybridized carbons (Fsp3) is 0.111. The Morgan fingerprint density at radius 1 is 1.21 bits per heavy atom. The molecule has 2 aromatic rings. The first-order valence-electron chi connectivity index (χ1n) is 7.18. The van der Waals surface area contributed by atoms with E-state index >= 15 is 0 Å². The number of carbonyl (C=O) groups excluding carboxylic acids is 1. The van der Waals surface area contributed by atoms with Gasteiger partial charge in [0.1, 0.15) is 5.75 Å². The maximum absolute atomic E-state index is 11.6. The summed E-state index contributed by atoms with van der Waals surface area (Å²) in [5, 5.41) is 5.11. The molecular formula is C18H16Cl2N2O2. The van der Waals surface area contributed by atoms with Crippen LogP contribution in [0.2, 0.25) is 10.0 Å². The van der Waals surface area contributed by atoms with Crippen LogP contribution in [0, 0.1) is 6.92 Å². The third kappa shape index (κ3) is 5.72. The predicted molar refractivity (Wildman–Crippen MR) is 98.8 cm³/mol. The Morgan fingerprint density at radius 3 is 2.75 bits per heavy atom. The molecule has 0 aliphatic rings. The Labute approximate surface area is 150 Å². The van der Waals surface area contributed by atoms with E-state index in [4.69, 9.17) is 27.9 Å². The fourth-order valence-corrected chi connectivity index (χ4v) is 2.11. The molecular weight excluding hydrogens is 347 g/mol. The maximum Gasteiger partial charge on any atom is 0.277 e. The number of carbonyl (C=O) groups is 1. The molecule has 0 saturated carbocycles. The van der Waals surface area contributed by atoms with Gasteiger partial charge < -0.3 is 4.74 Å². The highest BCUT2D eigenvalue weighted by Crippen LogP contribution is 2.20. The highest BCUT2D eigenvalue weighted by Gasteiger charge is 2.02. The minimum atomic E-state index is -0.356. The lowest BCUT2D eigenvalue weighted by Crippen LogP contribution is -2.24. The van der Waals surface area contributed by atoms with Crippen molar-refractivity contribution in [3.63, 3.8) is 0 Å². The van der Waals surface area contributed by atoms with Gasteiger partial charge in [-0.1, -0.05) is 47.5 Å². The first kappa shape index (κ1) is 18.0. The van der Waals surface area contributed by atoms with Gasteiger partial charge in [0.05, 0.1) is 0 Å². The van der Waals surface area contributed by atoms with Gasteiger partial charge in [-0.2, -0.15) is 5.10 Å². The lowest BCUT2D eigenvalue weighted by Gasteiger charge is -2.06. The SMILES string of the molecule is Cc1cc(OCC(=O)N/N=C\C=C\c2ccccc2Cl)ccc1Cl. The zero-order valence-corrected chi connectivity index (χ0v) is 14.5. The lowest BCUT2D eigenvalue weighted by atomic mass is 10.2. The molecule has 4 nitrogen and oxygen atoms in total. The summed E-state index contributed by atoms with van der Waals surface area (Å²) in [5.41, 5.74) is 4.13. The van der Waals surface area contributed by atoms with E-state index in [-0.39, 0.29) is 12.5 Å². The summed E-state index contributed by atoms with van der Waals surface area (Å²) in [7, 11) is 0. The van der Waals surface area contributed by atoms with Crippen molar-refractivity contribution < 1.29 is 9.53 Å². The van der Waals surface area contributed by atoms with E-state index in [1.165, 1.54) is 6.21 Å². The summed E-state index contributed by atoms with van der Waals surface area (Å²) >= 11 is 11.9. The van der Waals surface area contributed by atoms with E-state index in [0.717, 1.165) is 11.1 Å². The molecule has 0 bridgehead atoms. The Kier molecular flexibility index (Phi) is 6.85. The smallest absolute Gasteiger partial charge is 0.277 e. The third-order valence-electron chi connectivity index (χ3n) is 3.03. The number of benzene rings is 2. The van der Waals surface area contributed by atoms with Gasteiger partial charge >= 0.3 is 0 Å². The highest BCUT2D eigenvalue weighted by molar-refractivity contribution is 6.32. The second kappa shape index (κ2) is 9.11. The zero-order valence-electron chi connectivity index (χ0n) is 13.0. The van der Waals surface area contributed by atoms with E-state index in [0.29, 0.717) is 15.8 Å². The minimum absolute atomic E-state index is 0.132. The van der Waals surface area contributed by atoms with E-state index in [9.17, 15) is 4.79 Å². The number of amides is 1. The molecule has 24 heavy (non-hydrogen) atoms. The van der Waals surface area contributed by atoms with Crippen LogP contribution in [0.3, 0.4) is 0 Å². The van der Waals surface area contributed by atoms with Crippen molar-refractivity contribution in [3.05, 3.63) is 69.7 Å². The van der Waals surface area contributed by atoms with E-state index in [1.54, 1.807) is 36.4 Å². The summed E-state index contributed by atoms with van der Waals surface area (Å²) in [6, 6.07) is 12.6. The standard InChI is InChI=1S/C18H16Cl2N2O2/c1-13-11-15(8-9-16(13)19)24-12-18(23)22-21-10-4-6-14-5-2-3-7-17(14)20/h2-11H,12H2,1H3,(H,22,23)/b6-4+,21-10-. The Balaban J connectivity index is 1.76. The average molecular weight is 363 g/mol. The minimum Gasteiger partial charge on any atom is -0.484 e. The molecule has 0 aliphatic heterocycles. The average Bonchev–Trinajstić information content (AvgIpc) is 2.57. The van der Waals surface area contributed by atoms with Crippen molar-refractivity contribution in [3.8, 4) is 5.75 Å². The van der Waals surface area contributed by atoms with E-state index in [1.807, 2.05) is 25.1 Å². The molecule has 0 saturated heterocycles. The number of ether oxygens (including phenoxy) is 1. The lowest BCUT2D eigenvalue weighted by molar-refractivity contribution is -0.123. The van der Waals surface area contributed by atoms with Crippen LogP contribution in [-0.4, -0.2) is 18.7 Å². The normalized spacial score (nSPS) is 11.1. The van der Waals surface area contributed by atoms with Gasteiger partial charge in [0.25, 0.3) is 5.91 Å². The predicted octanol–water partition coefficient (Wildman–Crippen LogP) is 4.50. The molecule has 0 aromatic heterocycles. The van der Waals surface area contributed by atoms with Crippen molar-refractivity contribution in [1.82, 2.24) is 5.43 Å². The second-order valence-corrected chi connectivity index (χ2v) is 5.71. The number of hydrazone groups is 1. The van der Waals surface area contributed by atoms with Gasteiger partial charge in [-0.25, -0.2) is 5.43 Å². The summed E-state index contributed by atoms with van der Waals surface area (Å²) in [5.74, 6) is 0.222. The number of nitrogens with one attached hydrogen (secondary N) is 1.